The van der Waals surface area contributed by atoms with Gasteiger partial charge >= 0.3 is 0 Å². The van der Waals surface area contributed by atoms with Gasteiger partial charge in [-0.25, -0.2) is 0 Å². The van der Waals surface area contributed by atoms with Crippen molar-refractivity contribution in [2.75, 3.05) is 17.7 Å². The van der Waals surface area contributed by atoms with Crippen LogP contribution in [0, 0.1) is 6.92 Å². The summed E-state index contributed by atoms with van der Waals surface area (Å²) < 4.78 is 1.70. The average molecular weight is 398 g/mol. The number of rotatable bonds is 2. The molecule has 0 aromatic heterocycles. The maximum absolute atomic E-state index is 12.6. The molecule has 0 atom stereocenters. The lowest BCUT2D eigenvalue weighted by atomic mass is 10.1. The van der Waals surface area contributed by atoms with Crippen LogP contribution in [0.5, 0.6) is 0 Å². The van der Waals surface area contributed by atoms with Gasteiger partial charge in [-0.1, -0.05) is 28.1 Å². The van der Waals surface area contributed by atoms with Gasteiger partial charge in [-0.15, -0.1) is 0 Å². The van der Waals surface area contributed by atoms with Gasteiger partial charge in [-0.05, 0) is 52.7 Å². The van der Waals surface area contributed by atoms with Crippen molar-refractivity contribution in [2.45, 2.75) is 6.92 Å². The van der Waals surface area contributed by atoms with Crippen molar-refractivity contribution in [3.63, 3.8) is 0 Å². The van der Waals surface area contributed by atoms with Gasteiger partial charge in [-0.3, -0.25) is 4.79 Å². The molecule has 2 N–H and O–H groups in total. The lowest BCUT2D eigenvalue weighted by Crippen LogP contribution is -2.27. The number of hydrogen-bond acceptors (Lipinski definition) is 2. The minimum Gasteiger partial charge on any atom is -0.397 e. The van der Waals surface area contributed by atoms with Gasteiger partial charge in [0.05, 0.1) is 16.9 Å². The number of benzene rings is 2. The van der Waals surface area contributed by atoms with Crippen LogP contribution in [0.2, 0.25) is 0 Å². The molecule has 0 bridgehead atoms. The van der Waals surface area contributed by atoms with E-state index in [0.29, 0.717) is 16.9 Å². The Bertz CT molecular complexity index is 671. The zero-order chi connectivity index (χ0) is 14.9. The molecule has 2 aromatic carbocycles. The molecule has 0 spiro atoms. The molecule has 0 saturated carbocycles. The summed E-state index contributed by atoms with van der Waals surface area (Å²) >= 11 is 6.82. The largest absolute Gasteiger partial charge is 0.397 e. The Morgan fingerprint density at radius 3 is 2.55 bits per heavy atom. The first-order valence-electron chi connectivity index (χ1n) is 6.00. The lowest BCUT2D eigenvalue weighted by molar-refractivity contribution is 0.0992. The van der Waals surface area contributed by atoms with E-state index in [1.807, 2.05) is 31.2 Å². The first-order chi connectivity index (χ1) is 9.41. The molecular formula is C15H14Br2N2O. The molecule has 0 aliphatic rings. The number of anilines is 2. The summed E-state index contributed by atoms with van der Waals surface area (Å²) in [7, 11) is 1.72. The van der Waals surface area contributed by atoms with Crippen LogP contribution < -0.4 is 10.6 Å². The molecule has 5 heteroatoms. The number of hydrogen-bond donors (Lipinski definition) is 1. The summed E-state index contributed by atoms with van der Waals surface area (Å²) in [5.41, 5.74) is 8.85. The minimum atomic E-state index is -0.102. The molecule has 0 aliphatic carbocycles. The van der Waals surface area contributed by atoms with Gasteiger partial charge in [0.25, 0.3) is 5.91 Å². The molecule has 0 saturated heterocycles. The summed E-state index contributed by atoms with van der Waals surface area (Å²) in [5, 5.41) is 0. The zero-order valence-corrected chi connectivity index (χ0v) is 14.3. The van der Waals surface area contributed by atoms with Crippen molar-refractivity contribution in [1.29, 1.82) is 0 Å². The van der Waals surface area contributed by atoms with E-state index in [9.17, 15) is 4.79 Å². The molecule has 2 rings (SSSR count). The highest BCUT2D eigenvalue weighted by atomic mass is 79.9. The van der Waals surface area contributed by atoms with Crippen LogP contribution in [-0.2, 0) is 0 Å². The van der Waals surface area contributed by atoms with Gasteiger partial charge in [0, 0.05) is 16.0 Å². The molecule has 0 radical (unpaired) electrons. The van der Waals surface area contributed by atoms with Crippen molar-refractivity contribution in [3.05, 3.63) is 56.5 Å². The number of halogens is 2. The Kier molecular flexibility index (Phi) is 4.50. The van der Waals surface area contributed by atoms with Crippen LogP contribution in [0.15, 0.2) is 45.3 Å². The molecular weight excluding hydrogens is 384 g/mol. The number of nitrogen functional groups attached to an aromatic ring is 1. The third-order valence-electron chi connectivity index (χ3n) is 3.08. The molecule has 0 aliphatic heterocycles. The number of nitrogens with two attached hydrogens (primary N) is 1. The van der Waals surface area contributed by atoms with E-state index in [1.54, 1.807) is 24.1 Å². The maximum Gasteiger partial charge on any atom is 0.259 e. The Morgan fingerprint density at radius 2 is 1.90 bits per heavy atom. The van der Waals surface area contributed by atoms with Crippen molar-refractivity contribution in [3.8, 4) is 0 Å². The summed E-state index contributed by atoms with van der Waals surface area (Å²) in [5.74, 6) is -0.102. The molecule has 104 valence electrons. The van der Waals surface area contributed by atoms with E-state index in [-0.39, 0.29) is 5.91 Å². The molecule has 1 amide bonds. The first kappa shape index (κ1) is 15.1. The average Bonchev–Trinajstić information content (AvgIpc) is 2.40. The quantitative estimate of drug-likeness (QED) is 0.764. The maximum atomic E-state index is 12.6. The third kappa shape index (κ3) is 2.88. The van der Waals surface area contributed by atoms with E-state index < -0.39 is 0 Å². The predicted octanol–water partition coefficient (Wildman–Crippen LogP) is 4.38. The molecule has 0 unspecified atom stereocenters. The van der Waals surface area contributed by atoms with Crippen molar-refractivity contribution in [1.82, 2.24) is 0 Å². The van der Waals surface area contributed by atoms with Gasteiger partial charge in [0.1, 0.15) is 0 Å². The first-order valence-corrected chi connectivity index (χ1v) is 7.58. The summed E-state index contributed by atoms with van der Waals surface area (Å²) in [6.45, 7) is 1.95. The van der Waals surface area contributed by atoms with E-state index in [2.05, 4.69) is 31.9 Å². The van der Waals surface area contributed by atoms with Gasteiger partial charge < -0.3 is 10.6 Å². The van der Waals surface area contributed by atoms with E-state index in [1.165, 1.54) is 0 Å². The number of carbonyl (C=O) groups excluding carboxylic acids is 1. The highest BCUT2D eigenvalue weighted by molar-refractivity contribution is 9.10. The fraction of sp³-hybridized carbons (Fsp3) is 0.133. The van der Waals surface area contributed by atoms with Crippen molar-refractivity contribution < 1.29 is 4.79 Å². The number of aryl methyl sites for hydroxylation is 1. The second-order valence-electron chi connectivity index (χ2n) is 4.50. The van der Waals surface area contributed by atoms with Crippen LogP contribution in [-0.4, -0.2) is 13.0 Å². The van der Waals surface area contributed by atoms with E-state index >= 15 is 0 Å². The summed E-state index contributed by atoms with van der Waals surface area (Å²) in [6, 6.07) is 11.1. The second-order valence-corrected chi connectivity index (χ2v) is 6.21. The zero-order valence-electron chi connectivity index (χ0n) is 11.2. The molecule has 20 heavy (non-hydrogen) atoms. The monoisotopic (exact) mass is 396 g/mol. The second kappa shape index (κ2) is 5.97. The topological polar surface area (TPSA) is 46.3 Å². The fourth-order valence-electron chi connectivity index (χ4n) is 1.93. The van der Waals surface area contributed by atoms with Crippen molar-refractivity contribution in [2.24, 2.45) is 0 Å². The molecule has 0 fully saturated rings. The van der Waals surface area contributed by atoms with Gasteiger partial charge in [0.15, 0.2) is 0 Å². The molecule has 2 aromatic rings. The standard InChI is InChI=1S/C15H14Br2N2O/c1-9-4-3-5-11(14(9)17)15(20)19(2)13-7-6-10(16)8-12(13)18/h3-8H,18H2,1-2H3. The van der Waals surface area contributed by atoms with Crippen molar-refractivity contribution >= 4 is 49.1 Å². The SMILES string of the molecule is Cc1cccc(C(=O)N(C)c2ccc(Br)cc2N)c1Br. The van der Waals surface area contributed by atoms with Crippen LogP contribution in [0.25, 0.3) is 0 Å². The van der Waals surface area contributed by atoms with Gasteiger partial charge in [0.2, 0.25) is 0 Å². The Morgan fingerprint density at radius 1 is 1.20 bits per heavy atom. The van der Waals surface area contributed by atoms with Crippen LogP contribution in [0.3, 0.4) is 0 Å². The highest BCUT2D eigenvalue weighted by Crippen LogP contribution is 2.29. The fourth-order valence-corrected chi connectivity index (χ4v) is 2.75. The van der Waals surface area contributed by atoms with Gasteiger partial charge in [-0.2, -0.15) is 0 Å². The Labute approximate surface area is 135 Å². The third-order valence-corrected chi connectivity index (χ3v) is 4.62. The lowest BCUT2D eigenvalue weighted by Gasteiger charge is -2.20. The number of carbonyl (C=O) groups is 1. The number of nitrogens with zero attached hydrogens (tertiary/aromatic N) is 1. The number of amides is 1. The van der Waals surface area contributed by atoms with Crippen LogP contribution in [0.4, 0.5) is 11.4 Å². The van der Waals surface area contributed by atoms with Crippen LogP contribution >= 0.6 is 31.9 Å². The normalized spacial score (nSPS) is 10.4. The molecule has 3 nitrogen and oxygen atoms in total. The molecule has 0 heterocycles. The minimum absolute atomic E-state index is 0.102. The Balaban J connectivity index is 2.40. The van der Waals surface area contributed by atoms with E-state index in [4.69, 9.17) is 5.73 Å². The van der Waals surface area contributed by atoms with E-state index in [0.717, 1.165) is 14.5 Å². The highest BCUT2D eigenvalue weighted by Gasteiger charge is 2.18. The smallest absolute Gasteiger partial charge is 0.259 e. The van der Waals surface area contributed by atoms with Crippen LogP contribution in [0.1, 0.15) is 15.9 Å². The summed E-state index contributed by atoms with van der Waals surface area (Å²) in [6.07, 6.45) is 0. The Hall–Kier alpha value is -1.33. The summed E-state index contributed by atoms with van der Waals surface area (Å²) in [4.78, 5) is 14.1. The predicted molar refractivity (Wildman–Crippen MR) is 90.2 cm³/mol.